The average molecular weight is 842 g/mol. The Kier molecular flexibility index (Phi) is 48.5. The monoisotopic (exact) mass is 842 g/mol. The van der Waals surface area contributed by atoms with Crippen molar-refractivity contribution in [1.29, 1.82) is 0 Å². The normalized spacial score (nSPS) is 14.0. The Labute approximate surface area is 378 Å². The van der Waals surface area contributed by atoms with Gasteiger partial charge in [0.15, 0.2) is 0 Å². The highest BCUT2D eigenvalue weighted by Crippen LogP contribution is 2.14. The summed E-state index contributed by atoms with van der Waals surface area (Å²) < 4.78 is 0. The number of hydrogen-bond donors (Lipinski definition) is 3. The number of allylic oxidation sites excluding steroid dienone is 19. The Bertz CT molecular complexity index is 1230. The SMILES string of the molecule is CC/C=C\C/C=C\C/C=C\C/C=C\C/C=C\C/C=C\C/C=C\C/C=C\C/C=C\CCCCCCCCCCCCCC(=O)NC(CO)C(O)/C=C/CCCCCCCCCC. The maximum atomic E-state index is 12.4. The maximum absolute atomic E-state index is 12.4. The van der Waals surface area contributed by atoms with E-state index in [1.165, 1.54) is 109 Å². The lowest BCUT2D eigenvalue weighted by Gasteiger charge is -2.20. The number of carbonyl (C=O) groups excluding carboxylic acids is 1. The average Bonchev–Trinajstić information content (AvgIpc) is 3.26. The molecule has 0 aromatic rings. The Morgan fingerprint density at radius 1 is 0.410 bits per heavy atom. The molecule has 0 rings (SSSR count). The summed E-state index contributed by atoms with van der Waals surface area (Å²) in [4.78, 5) is 12.4. The van der Waals surface area contributed by atoms with Gasteiger partial charge in [-0.15, -0.1) is 0 Å². The van der Waals surface area contributed by atoms with E-state index in [-0.39, 0.29) is 12.5 Å². The number of carbonyl (C=O) groups is 1. The molecule has 0 aliphatic rings. The third-order valence-corrected chi connectivity index (χ3v) is 10.7. The van der Waals surface area contributed by atoms with Crippen LogP contribution in [0, 0.1) is 0 Å². The predicted octanol–water partition coefficient (Wildman–Crippen LogP) is 16.5. The van der Waals surface area contributed by atoms with E-state index >= 15 is 0 Å². The van der Waals surface area contributed by atoms with Crippen molar-refractivity contribution in [3.63, 3.8) is 0 Å². The van der Waals surface area contributed by atoms with Gasteiger partial charge in [0.05, 0.1) is 18.8 Å². The predicted molar refractivity (Wildman–Crippen MR) is 271 cm³/mol. The molecule has 1 amide bonds. The van der Waals surface area contributed by atoms with Crippen molar-refractivity contribution in [3.8, 4) is 0 Å². The fraction of sp³-hybridized carbons (Fsp3) is 0.632. The fourth-order valence-electron chi connectivity index (χ4n) is 6.88. The first-order valence-electron chi connectivity index (χ1n) is 25.2. The van der Waals surface area contributed by atoms with Gasteiger partial charge in [-0.25, -0.2) is 0 Å². The lowest BCUT2D eigenvalue weighted by Crippen LogP contribution is -2.45. The molecule has 0 heterocycles. The summed E-state index contributed by atoms with van der Waals surface area (Å²) in [7, 11) is 0. The molecular formula is C57H95NO3. The quantitative estimate of drug-likeness (QED) is 0.0423. The third kappa shape index (κ3) is 47.7. The van der Waals surface area contributed by atoms with Crippen molar-refractivity contribution in [3.05, 3.63) is 122 Å². The van der Waals surface area contributed by atoms with Crippen LogP contribution in [0.2, 0.25) is 0 Å². The number of hydrogen-bond acceptors (Lipinski definition) is 3. The highest BCUT2D eigenvalue weighted by atomic mass is 16.3. The lowest BCUT2D eigenvalue weighted by molar-refractivity contribution is -0.123. The second kappa shape index (κ2) is 51.1. The molecule has 4 nitrogen and oxygen atoms in total. The molecule has 0 aliphatic heterocycles. The summed E-state index contributed by atoms with van der Waals surface area (Å²) >= 11 is 0. The van der Waals surface area contributed by atoms with Crippen LogP contribution in [0.15, 0.2) is 122 Å². The molecule has 0 aliphatic carbocycles. The summed E-state index contributed by atoms with van der Waals surface area (Å²) in [6.07, 6.45) is 79.1. The van der Waals surface area contributed by atoms with Crippen LogP contribution in [0.1, 0.15) is 213 Å². The van der Waals surface area contributed by atoms with Gasteiger partial charge in [-0.2, -0.15) is 0 Å². The number of unbranched alkanes of at least 4 members (excludes halogenated alkanes) is 19. The lowest BCUT2D eigenvalue weighted by atomic mass is 10.0. The van der Waals surface area contributed by atoms with Crippen molar-refractivity contribution in [2.75, 3.05) is 6.61 Å². The summed E-state index contributed by atoms with van der Waals surface area (Å²) in [6, 6.07) is -0.629. The van der Waals surface area contributed by atoms with E-state index in [0.717, 1.165) is 83.5 Å². The van der Waals surface area contributed by atoms with Crippen molar-refractivity contribution in [1.82, 2.24) is 5.32 Å². The second-order valence-corrected chi connectivity index (χ2v) is 16.5. The number of amides is 1. The van der Waals surface area contributed by atoms with Crippen LogP contribution >= 0.6 is 0 Å². The Morgan fingerprint density at radius 3 is 1.08 bits per heavy atom. The minimum absolute atomic E-state index is 0.0748. The van der Waals surface area contributed by atoms with Crippen LogP contribution < -0.4 is 5.32 Å². The van der Waals surface area contributed by atoms with Gasteiger partial charge >= 0.3 is 0 Å². The van der Waals surface area contributed by atoms with E-state index in [9.17, 15) is 15.0 Å². The van der Waals surface area contributed by atoms with Gasteiger partial charge in [-0.1, -0.05) is 238 Å². The smallest absolute Gasteiger partial charge is 0.220 e. The highest BCUT2D eigenvalue weighted by molar-refractivity contribution is 5.76. The van der Waals surface area contributed by atoms with Crippen molar-refractivity contribution in [2.24, 2.45) is 0 Å². The molecule has 2 unspecified atom stereocenters. The molecule has 0 bridgehead atoms. The van der Waals surface area contributed by atoms with Crippen LogP contribution in [0.25, 0.3) is 0 Å². The zero-order valence-corrected chi connectivity index (χ0v) is 39.6. The minimum Gasteiger partial charge on any atom is -0.394 e. The molecule has 61 heavy (non-hydrogen) atoms. The first-order chi connectivity index (χ1) is 30.2. The second-order valence-electron chi connectivity index (χ2n) is 16.5. The van der Waals surface area contributed by atoms with E-state index in [1.807, 2.05) is 6.08 Å². The molecule has 0 aromatic heterocycles. The largest absolute Gasteiger partial charge is 0.394 e. The summed E-state index contributed by atoms with van der Waals surface area (Å²) in [5.74, 6) is -0.0748. The van der Waals surface area contributed by atoms with E-state index in [0.29, 0.717) is 6.42 Å². The standard InChI is InChI=1S/C57H95NO3/c1-3-5-7-9-11-13-15-16-17-18-19-20-21-22-23-24-25-26-27-28-29-30-31-32-33-34-35-36-37-38-39-40-41-42-43-45-47-49-51-53-57(61)58-55(54-59)56(60)52-50-48-46-44-14-12-10-8-6-4-2/h5,7,11,13,16-17,19-20,22-23,25-26,28-29,31-32,34-35,50,52,55-56,59-60H,3-4,6,8-10,12,14-15,18,21,24,27,30,33,36-49,51,53-54H2,1-2H3,(H,58,61)/b7-5-,13-11-,17-16-,20-19-,23-22-,26-25-,29-28-,32-31-,35-34-,52-50+. The Hall–Kier alpha value is -3.21. The van der Waals surface area contributed by atoms with Gasteiger partial charge in [0.25, 0.3) is 0 Å². The van der Waals surface area contributed by atoms with Crippen LogP contribution in [0.4, 0.5) is 0 Å². The fourth-order valence-corrected chi connectivity index (χ4v) is 6.88. The maximum Gasteiger partial charge on any atom is 0.220 e. The Morgan fingerprint density at radius 2 is 0.721 bits per heavy atom. The zero-order chi connectivity index (χ0) is 44.2. The van der Waals surface area contributed by atoms with Crippen molar-refractivity contribution >= 4 is 5.91 Å². The molecule has 346 valence electrons. The molecule has 3 N–H and O–H groups in total. The summed E-state index contributed by atoms with van der Waals surface area (Å²) in [6.45, 7) is 4.16. The number of aliphatic hydroxyl groups excluding tert-OH is 2. The zero-order valence-electron chi connectivity index (χ0n) is 39.6. The van der Waals surface area contributed by atoms with Crippen LogP contribution in [0.3, 0.4) is 0 Å². The summed E-state index contributed by atoms with van der Waals surface area (Å²) in [5.41, 5.74) is 0. The molecule has 4 heteroatoms. The van der Waals surface area contributed by atoms with Gasteiger partial charge in [0, 0.05) is 6.42 Å². The van der Waals surface area contributed by atoms with Crippen LogP contribution in [0.5, 0.6) is 0 Å². The van der Waals surface area contributed by atoms with Gasteiger partial charge in [0.2, 0.25) is 5.91 Å². The first kappa shape index (κ1) is 57.8. The van der Waals surface area contributed by atoms with Crippen molar-refractivity contribution in [2.45, 2.75) is 225 Å². The Balaban J connectivity index is 3.59. The molecule has 2 atom stereocenters. The topological polar surface area (TPSA) is 69.6 Å². The molecule has 0 saturated carbocycles. The van der Waals surface area contributed by atoms with Gasteiger partial charge in [-0.05, 0) is 89.9 Å². The molecule has 0 radical (unpaired) electrons. The van der Waals surface area contributed by atoms with Gasteiger partial charge in [-0.3, -0.25) is 4.79 Å². The van der Waals surface area contributed by atoms with E-state index in [2.05, 4.69) is 129 Å². The molecule has 0 spiro atoms. The minimum atomic E-state index is -0.845. The van der Waals surface area contributed by atoms with E-state index < -0.39 is 12.1 Å². The van der Waals surface area contributed by atoms with Crippen molar-refractivity contribution < 1.29 is 15.0 Å². The van der Waals surface area contributed by atoms with E-state index in [1.54, 1.807) is 6.08 Å². The number of nitrogens with one attached hydrogen (secondary N) is 1. The molecule has 0 fully saturated rings. The molecule has 0 saturated heterocycles. The first-order valence-corrected chi connectivity index (χ1v) is 25.2. The van der Waals surface area contributed by atoms with Crippen LogP contribution in [-0.4, -0.2) is 34.9 Å². The highest BCUT2D eigenvalue weighted by Gasteiger charge is 2.17. The summed E-state index contributed by atoms with van der Waals surface area (Å²) in [5, 5.41) is 22.9. The molecular weight excluding hydrogens is 747 g/mol. The van der Waals surface area contributed by atoms with Gasteiger partial charge < -0.3 is 15.5 Å². The molecule has 0 aromatic carbocycles. The number of aliphatic hydroxyl groups is 2. The third-order valence-electron chi connectivity index (χ3n) is 10.7. The van der Waals surface area contributed by atoms with Gasteiger partial charge in [0.1, 0.15) is 0 Å². The van der Waals surface area contributed by atoms with Crippen LogP contribution in [-0.2, 0) is 4.79 Å². The number of rotatable bonds is 44. The van der Waals surface area contributed by atoms with E-state index in [4.69, 9.17) is 0 Å².